The van der Waals surface area contributed by atoms with Gasteiger partial charge in [-0.3, -0.25) is 9.69 Å². The molecule has 1 fully saturated rings. The smallest absolute Gasteiger partial charge is 0.256 e. The number of fused-ring (bicyclic) bond motifs is 1. The summed E-state index contributed by atoms with van der Waals surface area (Å²) in [6.07, 6.45) is 4.05. The molecule has 0 saturated carbocycles. The third-order valence-electron chi connectivity index (χ3n) is 5.61. The number of rotatable bonds is 5. The molecule has 1 aliphatic heterocycles. The fourth-order valence-corrected chi connectivity index (χ4v) is 4.81. The van der Waals surface area contributed by atoms with Crippen LogP contribution in [0.5, 0.6) is 0 Å². The van der Waals surface area contributed by atoms with Crippen LogP contribution < -0.4 is 5.32 Å². The molecule has 6 nitrogen and oxygen atoms in total. The van der Waals surface area contributed by atoms with E-state index >= 15 is 0 Å². The van der Waals surface area contributed by atoms with Crippen molar-refractivity contribution in [2.24, 2.45) is 5.92 Å². The number of piperidine rings is 1. The van der Waals surface area contributed by atoms with Crippen LogP contribution in [0.2, 0.25) is 0 Å². The summed E-state index contributed by atoms with van der Waals surface area (Å²) in [5, 5.41) is 9.59. The highest BCUT2D eigenvalue weighted by Crippen LogP contribution is 2.29. The highest BCUT2D eigenvalue weighted by molar-refractivity contribution is 7.10. The molecule has 0 aliphatic carbocycles. The number of hydrogen-bond acceptors (Lipinski definition) is 5. The van der Waals surface area contributed by atoms with Crippen LogP contribution in [0.25, 0.3) is 5.65 Å². The summed E-state index contributed by atoms with van der Waals surface area (Å²) in [7, 11) is 0. The van der Waals surface area contributed by atoms with Gasteiger partial charge in [-0.1, -0.05) is 13.0 Å². The van der Waals surface area contributed by atoms with E-state index in [1.165, 1.54) is 17.7 Å². The Bertz CT molecular complexity index is 957. The standard InChI is InChI=1S/C21H27N5OS/c1-14-6-8-25(9-7-14)18(19-5-4-10-28-19)13-22-21(27)17-12-23-26-16(3)11-15(2)24-20(17)26/h4-5,10-12,14,18H,6-9,13H2,1-3H3,(H,22,27)/t18-/m0/s1. The number of carbonyl (C=O) groups is 1. The Morgan fingerprint density at radius 2 is 2.14 bits per heavy atom. The summed E-state index contributed by atoms with van der Waals surface area (Å²) in [4.78, 5) is 21.3. The van der Waals surface area contributed by atoms with Gasteiger partial charge in [0.25, 0.3) is 5.91 Å². The minimum Gasteiger partial charge on any atom is -0.350 e. The normalized spacial score (nSPS) is 17.1. The number of nitrogens with zero attached hydrogens (tertiary/aromatic N) is 4. The molecule has 3 aromatic heterocycles. The van der Waals surface area contributed by atoms with E-state index in [4.69, 9.17) is 0 Å². The summed E-state index contributed by atoms with van der Waals surface area (Å²) in [5.74, 6) is 0.672. The van der Waals surface area contributed by atoms with Gasteiger partial charge in [-0.25, -0.2) is 9.50 Å². The summed E-state index contributed by atoms with van der Waals surface area (Å²) in [5.41, 5.74) is 3.01. The van der Waals surface area contributed by atoms with Gasteiger partial charge < -0.3 is 5.32 Å². The Morgan fingerprint density at radius 1 is 1.36 bits per heavy atom. The molecular formula is C21H27N5OS. The number of aryl methyl sites for hydroxylation is 2. The van der Waals surface area contributed by atoms with E-state index in [1.54, 1.807) is 22.0 Å². The van der Waals surface area contributed by atoms with Gasteiger partial charge in [0.1, 0.15) is 5.56 Å². The van der Waals surface area contributed by atoms with Gasteiger partial charge >= 0.3 is 0 Å². The summed E-state index contributed by atoms with van der Waals surface area (Å²) < 4.78 is 1.73. The molecule has 4 heterocycles. The molecule has 1 amide bonds. The topological polar surface area (TPSA) is 62.5 Å². The quantitative estimate of drug-likeness (QED) is 0.714. The molecule has 3 aromatic rings. The molecule has 0 aromatic carbocycles. The van der Waals surface area contributed by atoms with Gasteiger partial charge in [0.15, 0.2) is 5.65 Å². The number of hydrogen-bond donors (Lipinski definition) is 1. The summed E-state index contributed by atoms with van der Waals surface area (Å²) in [6, 6.07) is 6.44. The van der Waals surface area contributed by atoms with Crippen LogP contribution in [0.15, 0.2) is 29.8 Å². The summed E-state index contributed by atoms with van der Waals surface area (Å²) >= 11 is 1.76. The van der Waals surface area contributed by atoms with Crippen molar-refractivity contribution in [1.82, 2.24) is 24.8 Å². The van der Waals surface area contributed by atoms with E-state index in [1.807, 2.05) is 19.9 Å². The van der Waals surface area contributed by atoms with Crippen LogP contribution in [0.1, 0.15) is 52.4 Å². The molecule has 148 valence electrons. The third-order valence-corrected chi connectivity index (χ3v) is 6.58. The molecule has 7 heteroatoms. The fourth-order valence-electron chi connectivity index (χ4n) is 3.95. The van der Waals surface area contributed by atoms with E-state index in [9.17, 15) is 4.79 Å². The first-order valence-corrected chi connectivity index (χ1v) is 10.8. The third kappa shape index (κ3) is 3.82. The number of likely N-dealkylation sites (tertiary alicyclic amines) is 1. The Morgan fingerprint density at radius 3 is 2.86 bits per heavy atom. The summed E-state index contributed by atoms with van der Waals surface area (Å²) in [6.45, 7) is 8.98. The maximum absolute atomic E-state index is 12.9. The lowest BCUT2D eigenvalue weighted by Crippen LogP contribution is -2.41. The minimum absolute atomic E-state index is 0.112. The maximum atomic E-state index is 12.9. The number of thiophene rings is 1. The molecule has 1 atom stereocenters. The number of nitrogens with one attached hydrogen (secondary N) is 1. The van der Waals surface area contributed by atoms with Crippen LogP contribution in [0.4, 0.5) is 0 Å². The van der Waals surface area contributed by atoms with Crippen LogP contribution in [-0.2, 0) is 0 Å². The van der Waals surface area contributed by atoms with Crippen LogP contribution in [0.3, 0.4) is 0 Å². The molecule has 4 rings (SSSR count). The largest absolute Gasteiger partial charge is 0.350 e. The number of aromatic nitrogens is 3. The number of carbonyl (C=O) groups excluding carboxylic acids is 1. The molecular weight excluding hydrogens is 370 g/mol. The van der Waals surface area contributed by atoms with Crippen molar-refractivity contribution in [3.8, 4) is 0 Å². The molecule has 28 heavy (non-hydrogen) atoms. The van der Waals surface area contributed by atoms with Crippen molar-refractivity contribution in [3.63, 3.8) is 0 Å². The first-order chi connectivity index (χ1) is 13.5. The molecule has 0 bridgehead atoms. The van der Waals surface area contributed by atoms with Crippen molar-refractivity contribution in [2.45, 2.75) is 39.7 Å². The zero-order chi connectivity index (χ0) is 19.7. The first-order valence-electron chi connectivity index (χ1n) is 9.90. The van der Waals surface area contributed by atoms with E-state index in [0.29, 0.717) is 17.8 Å². The van der Waals surface area contributed by atoms with Crippen LogP contribution in [-0.4, -0.2) is 45.0 Å². The van der Waals surface area contributed by atoms with Gasteiger partial charge in [-0.2, -0.15) is 5.10 Å². The lowest BCUT2D eigenvalue weighted by Gasteiger charge is -2.36. The van der Waals surface area contributed by atoms with Gasteiger partial charge in [0.2, 0.25) is 0 Å². The van der Waals surface area contributed by atoms with Gasteiger partial charge in [0, 0.05) is 22.8 Å². The predicted molar refractivity (Wildman–Crippen MR) is 112 cm³/mol. The second-order valence-corrected chi connectivity index (χ2v) is 8.77. The van der Waals surface area contributed by atoms with Gasteiger partial charge in [-0.15, -0.1) is 11.3 Å². The molecule has 1 saturated heterocycles. The zero-order valence-corrected chi connectivity index (χ0v) is 17.5. The van der Waals surface area contributed by atoms with Crippen molar-refractivity contribution in [3.05, 3.63) is 51.6 Å². The molecule has 1 N–H and O–H groups in total. The highest BCUT2D eigenvalue weighted by atomic mass is 32.1. The second kappa shape index (κ2) is 8.01. The van der Waals surface area contributed by atoms with E-state index < -0.39 is 0 Å². The van der Waals surface area contributed by atoms with E-state index in [2.05, 4.69) is 44.7 Å². The van der Waals surface area contributed by atoms with Crippen molar-refractivity contribution < 1.29 is 4.79 Å². The molecule has 0 unspecified atom stereocenters. The lowest BCUT2D eigenvalue weighted by atomic mass is 9.97. The van der Waals surface area contributed by atoms with Gasteiger partial charge in [-0.05, 0) is 63.2 Å². The molecule has 0 radical (unpaired) electrons. The van der Waals surface area contributed by atoms with E-state index in [-0.39, 0.29) is 11.9 Å². The van der Waals surface area contributed by atoms with Crippen molar-refractivity contribution >= 4 is 22.9 Å². The van der Waals surface area contributed by atoms with Crippen LogP contribution >= 0.6 is 11.3 Å². The van der Waals surface area contributed by atoms with Crippen molar-refractivity contribution in [1.29, 1.82) is 0 Å². The van der Waals surface area contributed by atoms with Gasteiger partial charge in [0.05, 0.1) is 12.2 Å². The van der Waals surface area contributed by atoms with Crippen LogP contribution in [0, 0.1) is 19.8 Å². The Balaban J connectivity index is 1.52. The Kier molecular flexibility index (Phi) is 5.46. The fraction of sp³-hybridized carbons (Fsp3) is 0.476. The predicted octanol–water partition coefficient (Wildman–Crippen LogP) is 3.61. The zero-order valence-electron chi connectivity index (χ0n) is 16.7. The number of amides is 1. The Labute approximate surface area is 169 Å². The maximum Gasteiger partial charge on any atom is 0.256 e. The first kappa shape index (κ1) is 19.1. The average molecular weight is 398 g/mol. The Hall–Kier alpha value is -2.25. The SMILES string of the molecule is Cc1cc(C)n2ncc(C(=O)NC[C@@H](c3cccs3)N3CCC(C)CC3)c2n1. The second-order valence-electron chi connectivity index (χ2n) is 7.79. The minimum atomic E-state index is -0.112. The monoisotopic (exact) mass is 397 g/mol. The van der Waals surface area contributed by atoms with Crippen molar-refractivity contribution in [2.75, 3.05) is 19.6 Å². The molecule has 0 spiro atoms. The van der Waals surface area contributed by atoms with E-state index in [0.717, 1.165) is 30.4 Å². The lowest BCUT2D eigenvalue weighted by molar-refractivity contribution is 0.0916. The highest BCUT2D eigenvalue weighted by Gasteiger charge is 2.26. The average Bonchev–Trinajstić information content (AvgIpc) is 3.33. The molecule has 1 aliphatic rings.